The number of piperazine rings is 1. The average molecular weight is 369 g/mol. The summed E-state index contributed by atoms with van der Waals surface area (Å²) in [6.45, 7) is 4.40. The summed E-state index contributed by atoms with van der Waals surface area (Å²) in [6, 6.07) is 11.9. The summed E-state index contributed by atoms with van der Waals surface area (Å²) in [5.74, 6) is 0.282. The van der Waals surface area contributed by atoms with Crippen molar-refractivity contribution in [3.63, 3.8) is 0 Å². The molecule has 0 saturated carbocycles. The minimum atomic E-state index is -0.104. The Morgan fingerprint density at radius 1 is 1.04 bits per heavy atom. The molecule has 0 radical (unpaired) electrons. The second-order valence-corrected chi connectivity index (χ2v) is 7.67. The van der Waals surface area contributed by atoms with E-state index in [1.807, 2.05) is 44.8 Å². The summed E-state index contributed by atoms with van der Waals surface area (Å²) in [5, 5.41) is 3.83. The Hall–Kier alpha value is -2.18. The molecule has 1 atom stereocenters. The van der Waals surface area contributed by atoms with E-state index in [4.69, 9.17) is 0 Å². The molecule has 4 rings (SSSR count). The van der Waals surface area contributed by atoms with E-state index in [9.17, 15) is 9.59 Å². The molecule has 2 fully saturated rings. The van der Waals surface area contributed by atoms with Crippen LogP contribution in [0.4, 0.5) is 0 Å². The van der Waals surface area contributed by atoms with Gasteiger partial charge in [-0.05, 0) is 23.4 Å². The van der Waals surface area contributed by atoms with E-state index in [-0.39, 0.29) is 17.9 Å². The van der Waals surface area contributed by atoms with Crippen molar-refractivity contribution in [2.45, 2.75) is 19.0 Å². The van der Waals surface area contributed by atoms with Crippen molar-refractivity contribution >= 4 is 23.2 Å². The first-order chi connectivity index (χ1) is 12.7. The van der Waals surface area contributed by atoms with Crippen molar-refractivity contribution in [3.8, 4) is 0 Å². The minimum absolute atomic E-state index is 0.0830. The lowest BCUT2D eigenvalue weighted by Gasteiger charge is -2.39. The molecule has 2 amide bonds. The number of rotatable bonds is 3. The zero-order valence-electron chi connectivity index (χ0n) is 14.7. The lowest BCUT2D eigenvalue weighted by Crippen LogP contribution is -2.56. The maximum Gasteiger partial charge on any atom is 0.254 e. The first-order valence-electron chi connectivity index (χ1n) is 9.10. The third-order valence-corrected chi connectivity index (χ3v) is 5.98. The predicted molar refractivity (Wildman–Crippen MR) is 102 cm³/mol. The largest absolute Gasteiger partial charge is 0.337 e. The van der Waals surface area contributed by atoms with Crippen LogP contribution in [0.25, 0.3) is 0 Å². The third kappa shape index (κ3) is 3.52. The SMILES string of the molecule is O=C(c1ccsc1)N1CCC2C(=O)N(Cc3ccccc3)CCN2CC1. The van der Waals surface area contributed by atoms with E-state index in [0.29, 0.717) is 26.1 Å². The van der Waals surface area contributed by atoms with E-state index in [1.165, 1.54) is 0 Å². The van der Waals surface area contributed by atoms with Crippen LogP contribution in [0.2, 0.25) is 0 Å². The van der Waals surface area contributed by atoms with Crippen molar-refractivity contribution in [2.24, 2.45) is 0 Å². The molecule has 0 spiro atoms. The monoisotopic (exact) mass is 369 g/mol. The average Bonchev–Trinajstić information content (AvgIpc) is 3.11. The van der Waals surface area contributed by atoms with Gasteiger partial charge in [-0.3, -0.25) is 14.5 Å². The van der Waals surface area contributed by atoms with Crippen LogP contribution in [0.5, 0.6) is 0 Å². The van der Waals surface area contributed by atoms with Crippen molar-refractivity contribution in [1.29, 1.82) is 0 Å². The van der Waals surface area contributed by atoms with Gasteiger partial charge >= 0.3 is 0 Å². The smallest absolute Gasteiger partial charge is 0.254 e. The molecule has 6 heteroatoms. The molecule has 2 saturated heterocycles. The molecule has 2 aliphatic rings. The van der Waals surface area contributed by atoms with E-state index in [2.05, 4.69) is 17.0 Å². The Kier molecular flexibility index (Phi) is 5.04. The van der Waals surface area contributed by atoms with E-state index < -0.39 is 0 Å². The van der Waals surface area contributed by atoms with Crippen molar-refractivity contribution < 1.29 is 9.59 Å². The Balaban J connectivity index is 1.42. The third-order valence-electron chi connectivity index (χ3n) is 5.30. The van der Waals surface area contributed by atoms with Gasteiger partial charge < -0.3 is 9.80 Å². The van der Waals surface area contributed by atoms with Gasteiger partial charge in [0.2, 0.25) is 5.91 Å². The number of fused-ring (bicyclic) bond motifs is 1. The van der Waals surface area contributed by atoms with Crippen LogP contribution in [-0.4, -0.2) is 65.3 Å². The molecule has 5 nitrogen and oxygen atoms in total. The van der Waals surface area contributed by atoms with Crippen LogP contribution >= 0.6 is 11.3 Å². The number of amides is 2. The molecule has 1 unspecified atom stereocenters. The highest BCUT2D eigenvalue weighted by Crippen LogP contribution is 2.21. The fourth-order valence-corrected chi connectivity index (χ4v) is 4.46. The first-order valence-corrected chi connectivity index (χ1v) is 10.0. The van der Waals surface area contributed by atoms with E-state index in [0.717, 1.165) is 30.8 Å². The second-order valence-electron chi connectivity index (χ2n) is 6.89. The van der Waals surface area contributed by atoms with E-state index >= 15 is 0 Å². The molecule has 2 aromatic rings. The maximum atomic E-state index is 13.0. The van der Waals surface area contributed by atoms with Crippen molar-refractivity contribution in [3.05, 3.63) is 58.3 Å². The topological polar surface area (TPSA) is 43.9 Å². The van der Waals surface area contributed by atoms with Gasteiger partial charge in [-0.2, -0.15) is 11.3 Å². The number of carbonyl (C=O) groups excluding carboxylic acids is 2. The summed E-state index contributed by atoms with van der Waals surface area (Å²) >= 11 is 1.54. The van der Waals surface area contributed by atoms with Gasteiger partial charge in [0, 0.05) is 44.6 Å². The van der Waals surface area contributed by atoms with Gasteiger partial charge in [-0.25, -0.2) is 0 Å². The van der Waals surface area contributed by atoms with Gasteiger partial charge in [0.05, 0.1) is 11.6 Å². The normalized spacial score (nSPS) is 21.4. The Morgan fingerprint density at radius 3 is 2.62 bits per heavy atom. The van der Waals surface area contributed by atoms with E-state index in [1.54, 1.807) is 11.3 Å². The molecular weight excluding hydrogens is 346 g/mol. The molecule has 0 N–H and O–H groups in total. The first kappa shape index (κ1) is 17.2. The lowest BCUT2D eigenvalue weighted by molar-refractivity contribution is -0.142. The number of hydrogen-bond acceptors (Lipinski definition) is 4. The zero-order chi connectivity index (χ0) is 17.9. The second kappa shape index (κ2) is 7.60. The Bertz CT molecular complexity index is 763. The van der Waals surface area contributed by atoms with Gasteiger partial charge in [-0.1, -0.05) is 30.3 Å². The summed E-state index contributed by atoms with van der Waals surface area (Å²) in [5.41, 5.74) is 1.92. The Labute approximate surface area is 157 Å². The Morgan fingerprint density at radius 2 is 1.85 bits per heavy atom. The molecule has 1 aromatic heterocycles. The molecular formula is C20H23N3O2S. The highest BCUT2D eigenvalue weighted by Gasteiger charge is 2.37. The molecule has 0 aliphatic carbocycles. The fraction of sp³-hybridized carbons (Fsp3) is 0.400. The number of nitrogens with zero attached hydrogens (tertiary/aromatic N) is 3. The molecule has 0 bridgehead atoms. The number of benzene rings is 1. The van der Waals surface area contributed by atoms with Gasteiger partial charge in [-0.15, -0.1) is 0 Å². The number of carbonyl (C=O) groups is 2. The molecule has 26 heavy (non-hydrogen) atoms. The van der Waals surface area contributed by atoms with Crippen LogP contribution in [0, 0.1) is 0 Å². The van der Waals surface area contributed by atoms with Crippen LogP contribution in [0.15, 0.2) is 47.2 Å². The lowest BCUT2D eigenvalue weighted by atomic mass is 10.1. The highest BCUT2D eigenvalue weighted by atomic mass is 32.1. The van der Waals surface area contributed by atoms with Crippen LogP contribution in [0.3, 0.4) is 0 Å². The van der Waals surface area contributed by atoms with Crippen LogP contribution in [-0.2, 0) is 11.3 Å². The highest BCUT2D eigenvalue weighted by molar-refractivity contribution is 7.08. The molecule has 3 heterocycles. The molecule has 136 valence electrons. The van der Waals surface area contributed by atoms with Crippen LogP contribution in [0.1, 0.15) is 22.3 Å². The summed E-state index contributed by atoms with van der Waals surface area (Å²) in [4.78, 5) is 31.7. The van der Waals surface area contributed by atoms with Gasteiger partial charge in [0.25, 0.3) is 5.91 Å². The number of hydrogen-bond donors (Lipinski definition) is 0. The van der Waals surface area contributed by atoms with Crippen molar-refractivity contribution in [2.75, 3.05) is 32.7 Å². The zero-order valence-corrected chi connectivity index (χ0v) is 15.5. The summed E-state index contributed by atoms with van der Waals surface area (Å²) in [6.07, 6.45) is 0.708. The minimum Gasteiger partial charge on any atom is -0.337 e. The van der Waals surface area contributed by atoms with Crippen LogP contribution < -0.4 is 0 Å². The van der Waals surface area contributed by atoms with Gasteiger partial charge in [0.1, 0.15) is 0 Å². The van der Waals surface area contributed by atoms with Gasteiger partial charge in [0.15, 0.2) is 0 Å². The summed E-state index contributed by atoms with van der Waals surface area (Å²) in [7, 11) is 0. The summed E-state index contributed by atoms with van der Waals surface area (Å²) < 4.78 is 0. The molecule has 1 aromatic carbocycles. The standard InChI is InChI=1S/C20H23N3O2S/c24-19(17-7-13-26-15-17)22-8-6-18-20(25)23(12-10-21(18)9-11-22)14-16-4-2-1-3-5-16/h1-5,7,13,15,18H,6,8-12,14H2. The quantitative estimate of drug-likeness (QED) is 0.834. The predicted octanol–water partition coefficient (Wildman–Crippen LogP) is 2.31. The fourth-order valence-electron chi connectivity index (χ4n) is 3.83. The van der Waals surface area contributed by atoms with Crippen molar-refractivity contribution in [1.82, 2.24) is 14.7 Å². The number of thiophene rings is 1. The molecule has 2 aliphatic heterocycles. The maximum absolute atomic E-state index is 13.0.